The lowest BCUT2D eigenvalue weighted by atomic mass is 10.0. The third-order valence-corrected chi connectivity index (χ3v) is 5.63. The van der Waals surface area contributed by atoms with E-state index in [0.29, 0.717) is 32.2 Å². The monoisotopic (exact) mass is 409 g/mol. The molecule has 0 spiro atoms. The third kappa shape index (κ3) is 4.56. The number of benzene rings is 2. The third-order valence-electron chi connectivity index (χ3n) is 3.71. The minimum Gasteiger partial charge on any atom is -0.348 e. The Hall–Kier alpha value is -1.52. The van der Waals surface area contributed by atoms with Gasteiger partial charge in [0.15, 0.2) is 0 Å². The summed E-state index contributed by atoms with van der Waals surface area (Å²) in [6.07, 6.45) is 0.497. The molecular weight excluding hydrogens is 397 g/mol. The van der Waals surface area contributed by atoms with E-state index in [1.807, 2.05) is 48.5 Å². The van der Waals surface area contributed by atoms with E-state index in [1.54, 1.807) is 6.07 Å². The summed E-state index contributed by atoms with van der Waals surface area (Å²) in [5, 5.41) is 3.55. The zero-order chi connectivity index (χ0) is 17.8. The number of halogens is 3. The molecule has 0 saturated carbocycles. The summed E-state index contributed by atoms with van der Waals surface area (Å²) in [6, 6.07) is 17.2. The average molecular weight is 411 g/mol. The quantitative estimate of drug-likeness (QED) is 0.531. The lowest BCUT2D eigenvalue weighted by molar-refractivity contribution is 0.0950. The van der Waals surface area contributed by atoms with E-state index in [0.717, 1.165) is 16.7 Å². The van der Waals surface area contributed by atoms with Gasteiger partial charge in [-0.25, -0.2) is 0 Å². The molecule has 6 heteroatoms. The van der Waals surface area contributed by atoms with E-state index in [2.05, 4.69) is 5.32 Å². The number of amides is 1. The molecule has 25 heavy (non-hydrogen) atoms. The molecule has 0 atom stereocenters. The maximum absolute atomic E-state index is 12.7. The Morgan fingerprint density at radius 1 is 0.920 bits per heavy atom. The van der Waals surface area contributed by atoms with Gasteiger partial charge in [-0.2, -0.15) is 0 Å². The summed E-state index contributed by atoms with van der Waals surface area (Å²) in [4.78, 5) is 12.7. The summed E-state index contributed by atoms with van der Waals surface area (Å²) in [5.41, 5.74) is 3.16. The Balaban J connectivity index is 1.82. The molecule has 0 aliphatic carbocycles. The molecule has 0 aliphatic rings. The Morgan fingerprint density at radius 2 is 1.64 bits per heavy atom. The smallest absolute Gasteiger partial charge is 0.254 e. The molecule has 0 radical (unpaired) electrons. The van der Waals surface area contributed by atoms with Crippen LogP contribution in [0.5, 0.6) is 0 Å². The van der Waals surface area contributed by atoms with Crippen molar-refractivity contribution in [2.24, 2.45) is 0 Å². The Morgan fingerprint density at radius 3 is 2.36 bits per heavy atom. The predicted octanol–water partition coefficient (Wildman–Crippen LogP) is 6.23. The van der Waals surface area contributed by atoms with Crippen LogP contribution in [0.4, 0.5) is 0 Å². The maximum Gasteiger partial charge on any atom is 0.254 e. The van der Waals surface area contributed by atoms with Crippen molar-refractivity contribution in [1.82, 2.24) is 5.32 Å². The Bertz CT molecular complexity index is 893. The number of hydrogen-bond acceptors (Lipinski definition) is 2. The second kappa shape index (κ2) is 8.24. The van der Waals surface area contributed by atoms with Gasteiger partial charge in [-0.15, -0.1) is 11.3 Å². The van der Waals surface area contributed by atoms with Crippen LogP contribution in [0.15, 0.2) is 54.6 Å². The standard InChI is InChI=1S/C19H14Cl3NOS/c20-14-8-4-7-13(9-14)10-15-16(18(22)25-17(15)21)19(24)23-11-12-5-2-1-3-6-12/h1-9H,10-11H2,(H,23,24). The largest absolute Gasteiger partial charge is 0.348 e. The Labute approximate surface area is 165 Å². The van der Waals surface area contributed by atoms with E-state index in [-0.39, 0.29) is 5.91 Å². The summed E-state index contributed by atoms with van der Waals surface area (Å²) in [7, 11) is 0. The molecular formula is C19H14Cl3NOS. The number of hydrogen-bond donors (Lipinski definition) is 1. The SMILES string of the molecule is O=C(NCc1ccccc1)c1c(Cl)sc(Cl)c1Cc1cccc(Cl)c1. The van der Waals surface area contributed by atoms with E-state index in [9.17, 15) is 4.79 Å². The van der Waals surface area contributed by atoms with Crippen LogP contribution in [0.25, 0.3) is 0 Å². The van der Waals surface area contributed by atoms with Gasteiger partial charge in [0.1, 0.15) is 4.34 Å². The molecule has 0 saturated heterocycles. The predicted molar refractivity (Wildman–Crippen MR) is 106 cm³/mol. The van der Waals surface area contributed by atoms with Gasteiger partial charge in [0.25, 0.3) is 5.91 Å². The van der Waals surface area contributed by atoms with Crippen molar-refractivity contribution < 1.29 is 4.79 Å². The zero-order valence-electron chi connectivity index (χ0n) is 13.1. The molecule has 3 rings (SSSR count). The first-order chi connectivity index (χ1) is 12.0. The number of carbonyl (C=O) groups excluding carboxylic acids is 1. The van der Waals surface area contributed by atoms with Crippen molar-refractivity contribution in [2.75, 3.05) is 0 Å². The van der Waals surface area contributed by atoms with Crippen LogP contribution in [0, 0.1) is 0 Å². The minimum absolute atomic E-state index is 0.228. The van der Waals surface area contributed by atoms with Gasteiger partial charge >= 0.3 is 0 Å². The molecule has 1 N–H and O–H groups in total. The molecule has 1 heterocycles. The van der Waals surface area contributed by atoms with Crippen molar-refractivity contribution in [1.29, 1.82) is 0 Å². The number of nitrogens with one attached hydrogen (secondary N) is 1. The van der Waals surface area contributed by atoms with Crippen LogP contribution >= 0.6 is 46.1 Å². The first kappa shape index (κ1) is 18.3. The fourth-order valence-electron chi connectivity index (χ4n) is 2.51. The van der Waals surface area contributed by atoms with Crippen LogP contribution in [0.1, 0.15) is 27.0 Å². The maximum atomic E-state index is 12.7. The van der Waals surface area contributed by atoms with Crippen LogP contribution in [0.2, 0.25) is 13.7 Å². The van der Waals surface area contributed by atoms with E-state index < -0.39 is 0 Å². The lowest BCUT2D eigenvalue weighted by Crippen LogP contribution is -2.23. The second-order valence-electron chi connectivity index (χ2n) is 5.48. The molecule has 128 valence electrons. The van der Waals surface area contributed by atoms with Gasteiger partial charge in [0, 0.05) is 23.6 Å². The molecule has 3 aromatic rings. The summed E-state index contributed by atoms with van der Waals surface area (Å²) in [5.74, 6) is -0.228. The summed E-state index contributed by atoms with van der Waals surface area (Å²) >= 11 is 19.8. The minimum atomic E-state index is -0.228. The fourth-order valence-corrected chi connectivity index (χ4v) is 4.44. The number of thiophene rings is 1. The van der Waals surface area contributed by atoms with E-state index in [1.165, 1.54) is 11.3 Å². The van der Waals surface area contributed by atoms with Crippen LogP contribution in [-0.4, -0.2) is 5.91 Å². The van der Waals surface area contributed by atoms with Gasteiger partial charge in [0.2, 0.25) is 0 Å². The van der Waals surface area contributed by atoms with Gasteiger partial charge < -0.3 is 5.32 Å². The normalized spacial score (nSPS) is 10.7. The van der Waals surface area contributed by atoms with Crippen molar-refractivity contribution in [3.05, 3.63) is 90.5 Å². The topological polar surface area (TPSA) is 29.1 Å². The van der Waals surface area contributed by atoms with Crippen molar-refractivity contribution in [2.45, 2.75) is 13.0 Å². The molecule has 2 aromatic carbocycles. The van der Waals surface area contributed by atoms with Gasteiger partial charge in [-0.3, -0.25) is 4.79 Å². The molecule has 1 aromatic heterocycles. The first-order valence-electron chi connectivity index (χ1n) is 7.58. The molecule has 0 unspecified atom stereocenters. The van der Waals surface area contributed by atoms with Crippen LogP contribution in [0.3, 0.4) is 0 Å². The highest BCUT2D eigenvalue weighted by molar-refractivity contribution is 7.20. The average Bonchev–Trinajstić information content (AvgIpc) is 2.87. The highest BCUT2D eigenvalue weighted by atomic mass is 35.5. The zero-order valence-corrected chi connectivity index (χ0v) is 16.1. The molecule has 1 amide bonds. The number of rotatable bonds is 5. The molecule has 0 aliphatic heterocycles. The molecule has 0 bridgehead atoms. The molecule has 2 nitrogen and oxygen atoms in total. The van der Waals surface area contributed by atoms with Crippen LogP contribution < -0.4 is 5.32 Å². The van der Waals surface area contributed by atoms with Crippen molar-refractivity contribution >= 4 is 52.0 Å². The summed E-state index contributed by atoms with van der Waals surface area (Å²) < 4.78 is 0.919. The lowest BCUT2D eigenvalue weighted by Gasteiger charge is -2.08. The molecule has 0 fully saturated rings. The van der Waals surface area contributed by atoms with Crippen LogP contribution in [-0.2, 0) is 13.0 Å². The first-order valence-corrected chi connectivity index (χ1v) is 9.53. The van der Waals surface area contributed by atoms with Gasteiger partial charge in [-0.1, -0.05) is 77.3 Å². The fraction of sp³-hybridized carbons (Fsp3) is 0.105. The van der Waals surface area contributed by atoms with E-state index in [4.69, 9.17) is 34.8 Å². The highest BCUT2D eigenvalue weighted by Crippen LogP contribution is 2.38. The van der Waals surface area contributed by atoms with Crippen molar-refractivity contribution in [3.63, 3.8) is 0 Å². The van der Waals surface area contributed by atoms with Crippen molar-refractivity contribution in [3.8, 4) is 0 Å². The van der Waals surface area contributed by atoms with E-state index >= 15 is 0 Å². The second-order valence-corrected chi connectivity index (χ2v) is 8.14. The highest BCUT2D eigenvalue weighted by Gasteiger charge is 2.22. The van der Waals surface area contributed by atoms with Gasteiger partial charge in [0.05, 0.1) is 9.90 Å². The number of carbonyl (C=O) groups is 1. The van der Waals surface area contributed by atoms with Gasteiger partial charge in [-0.05, 0) is 23.3 Å². The Kier molecular flexibility index (Phi) is 6.02. The summed E-state index contributed by atoms with van der Waals surface area (Å²) in [6.45, 7) is 0.431.